The van der Waals surface area contributed by atoms with Crippen LogP contribution in [0, 0.1) is 0 Å². The average molecular weight is 341 g/mol. The maximum absolute atomic E-state index is 12.7. The zero-order valence-electron chi connectivity index (χ0n) is 14.5. The molecule has 0 N–H and O–H groups in total. The number of nitrogens with zero attached hydrogens (tertiary/aromatic N) is 3. The lowest BCUT2D eigenvalue weighted by Crippen LogP contribution is -2.26. The molecule has 1 amide bonds. The molecule has 0 atom stereocenters. The minimum Gasteiger partial charge on any atom is -0.326 e. The Bertz CT molecular complexity index is 1040. The lowest BCUT2D eigenvalue weighted by Gasteiger charge is -2.17. The van der Waals surface area contributed by atoms with Crippen LogP contribution in [-0.4, -0.2) is 22.5 Å². The van der Waals surface area contributed by atoms with Crippen molar-refractivity contribution in [1.82, 2.24) is 9.55 Å². The third-order valence-electron chi connectivity index (χ3n) is 4.53. The highest BCUT2D eigenvalue weighted by Gasteiger charge is 2.13. The monoisotopic (exact) mass is 341 g/mol. The van der Waals surface area contributed by atoms with Crippen molar-refractivity contribution >= 4 is 22.6 Å². The molecule has 0 bridgehead atoms. The first-order chi connectivity index (χ1) is 12.7. The number of fused-ring (bicyclic) bond motifs is 1. The molecular weight excluding hydrogens is 322 g/mol. The first-order valence-corrected chi connectivity index (χ1v) is 8.54. The van der Waals surface area contributed by atoms with Gasteiger partial charge >= 0.3 is 0 Å². The summed E-state index contributed by atoms with van der Waals surface area (Å²) in [5.74, 6) is -0.0177. The van der Waals surface area contributed by atoms with E-state index in [2.05, 4.69) is 15.6 Å². The number of para-hydroxylation sites is 3. The topological polar surface area (TPSA) is 38.1 Å². The Hall–Kier alpha value is -3.40. The highest BCUT2D eigenvalue weighted by Crippen LogP contribution is 2.17. The summed E-state index contributed by atoms with van der Waals surface area (Å²) >= 11 is 0. The third kappa shape index (κ3) is 3.09. The fourth-order valence-corrected chi connectivity index (χ4v) is 3.05. The van der Waals surface area contributed by atoms with E-state index in [1.54, 1.807) is 11.9 Å². The molecule has 0 aliphatic rings. The molecule has 1 heterocycles. The Kier molecular flexibility index (Phi) is 4.23. The summed E-state index contributed by atoms with van der Waals surface area (Å²) in [4.78, 5) is 18.7. The van der Waals surface area contributed by atoms with Gasteiger partial charge in [0.25, 0.3) is 5.91 Å². The van der Waals surface area contributed by atoms with Gasteiger partial charge in [-0.15, -0.1) is 0 Å². The molecular formula is C22H19N3O. The molecule has 0 saturated carbocycles. The number of imidazole rings is 1. The molecule has 0 spiro atoms. The Balaban J connectivity index is 1.52. The second kappa shape index (κ2) is 6.84. The van der Waals surface area contributed by atoms with Crippen LogP contribution in [0.25, 0.3) is 11.0 Å². The molecule has 4 nitrogen and oxygen atoms in total. The Morgan fingerprint density at radius 2 is 1.62 bits per heavy atom. The van der Waals surface area contributed by atoms with Crippen LogP contribution < -0.4 is 4.90 Å². The van der Waals surface area contributed by atoms with Crippen molar-refractivity contribution in [2.24, 2.45) is 0 Å². The Labute approximate surface area is 152 Å². The number of benzene rings is 3. The van der Waals surface area contributed by atoms with Gasteiger partial charge in [-0.1, -0.05) is 42.5 Å². The van der Waals surface area contributed by atoms with E-state index in [1.807, 2.05) is 79.1 Å². The average Bonchev–Trinajstić information content (AvgIpc) is 3.11. The van der Waals surface area contributed by atoms with Crippen molar-refractivity contribution in [3.05, 3.63) is 96.3 Å². The summed E-state index contributed by atoms with van der Waals surface area (Å²) in [5.41, 5.74) is 4.79. The summed E-state index contributed by atoms with van der Waals surface area (Å²) in [5, 5.41) is 0. The van der Waals surface area contributed by atoms with Crippen molar-refractivity contribution < 1.29 is 4.79 Å². The predicted molar refractivity (Wildman–Crippen MR) is 104 cm³/mol. The lowest BCUT2D eigenvalue weighted by atomic mass is 10.1. The second-order valence-corrected chi connectivity index (χ2v) is 6.26. The molecule has 4 heteroatoms. The van der Waals surface area contributed by atoms with Gasteiger partial charge in [0.1, 0.15) is 0 Å². The number of carbonyl (C=O) groups excluding carboxylic acids is 1. The second-order valence-electron chi connectivity index (χ2n) is 6.26. The predicted octanol–water partition coefficient (Wildman–Crippen LogP) is 4.36. The molecule has 0 unspecified atom stereocenters. The number of aromatic nitrogens is 2. The Morgan fingerprint density at radius 3 is 2.38 bits per heavy atom. The molecule has 0 fully saturated rings. The minimum atomic E-state index is -0.0177. The standard InChI is InChI=1S/C22H19N3O/c1-24(19-7-3-2-4-8-19)22(26)18-13-11-17(12-14-18)15-25-16-23-20-9-5-6-10-21(20)25/h2-14,16H,15H2,1H3. The van der Waals surface area contributed by atoms with E-state index in [1.165, 1.54) is 0 Å². The van der Waals surface area contributed by atoms with Crippen molar-refractivity contribution in [2.75, 3.05) is 11.9 Å². The number of rotatable bonds is 4. The maximum atomic E-state index is 12.7. The van der Waals surface area contributed by atoms with Crippen molar-refractivity contribution in [3.63, 3.8) is 0 Å². The molecule has 26 heavy (non-hydrogen) atoms. The van der Waals surface area contributed by atoms with Gasteiger partial charge in [-0.25, -0.2) is 4.98 Å². The van der Waals surface area contributed by atoms with E-state index in [-0.39, 0.29) is 5.91 Å². The maximum Gasteiger partial charge on any atom is 0.258 e. The van der Waals surface area contributed by atoms with E-state index >= 15 is 0 Å². The molecule has 0 aliphatic carbocycles. The quantitative estimate of drug-likeness (QED) is 0.553. The number of hydrogen-bond acceptors (Lipinski definition) is 2. The number of hydrogen-bond donors (Lipinski definition) is 0. The number of carbonyl (C=O) groups is 1. The van der Waals surface area contributed by atoms with E-state index in [0.717, 1.165) is 28.8 Å². The van der Waals surface area contributed by atoms with Gasteiger partial charge < -0.3 is 9.47 Å². The van der Waals surface area contributed by atoms with Gasteiger partial charge in [-0.05, 0) is 42.0 Å². The largest absolute Gasteiger partial charge is 0.326 e. The molecule has 1 aromatic heterocycles. The van der Waals surface area contributed by atoms with Crippen molar-refractivity contribution in [3.8, 4) is 0 Å². The molecule has 0 aliphatic heterocycles. The molecule has 3 aromatic carbocycles. The van der Waals surface area contributed by atoms with Gasteiger partial charge in [0.2, 0.25) is 0 Å². The third-order valence-corrected chi connectivity index (χ3v) is 4.53. The first-order valence-electron chi connectivity index (χ1n) is 8.54. The van der Waals surface area contributed by atoms with Crippen molar-refractivity contribution in [1.29, 1.82) is 0 Å². The van der Waals surface area contributed by atoms with Crippen LogP contribution in [0.2, 0.25) is 0 Å². The van der Waals surface area contributed by atoms with Gasteiger partial charge in [-0.3, -0.25) is 4.79 Å². The van der Waals surface area contributed by atoms with E-state index in [4.69, 9.17) is 0 Å². The normalized spacial score (nSPS) is 10.8. The van der Waals surface area contributed by atoms with Crippen LogP contribution in [-0.2, 0) is 6.54 Å². The summed E-state index contributed by atoms with van der Waals surface area (Å²) in [7, 11) is 1.79. The van der Waals surface area contributed by atoms with Gasteiger partial charge in [0, 0.05) is 24.8 Å². The van der Waals surface area contributed by atoms with Crippen molar-refractivity contribution in [2.45, 2.75) is 6.54 Å². The van der Waals surface area contributed by atoms with Crippen LogP contribution in [0.5, 0.6) is 0 Å². The van der Waals surface area contributed by atoms with Crippen LogP contribution in [0.4, 0.5) is 5.69 Å². The van der Waals surface area contributed by atoms with E-state index in [0.29, 0.717) is 5.56 Å². The molecule has 128 valence electrons. The molecule has 4 aromatic rings. The van der Waals surface area contributed by atoms with E-state index < -0.39 is 0 Å². The lowest BCUT2D eigenvalue weighted by molar-refractivity contribution is 0.0993. The highest BCUT2D eigenvalue weighted by molar-refractivity contribution is 6.05. The van der Waals surface area contributed by atoms with Gasteiger partial charge in [-0.2, -0.15) is 0 Å². The molecule has 4 rings (SSSR count). The molecule has 0 saturated heterocycles. The zero-order valence-corrected chi connectivity index (χ0v) is 14.5. The fourth-order valence-electron chi connectivity index (χ4n) is 3.05. The van der Waals surface area contributed by atoms with E-state index in [9.17, 15) is 4.79 Å². The summed E-state index contributed by atoms with van der Waals surface area (Å²) < 4.78 is 2.11. The fraction of sp³-hybridized carbons (Fsp3) is 0.0909. The summed E-state index contributed by atoms with van der Waals surface area (Å²) in [6.07, 6.45) is 1.85. The number of amides is 1. The van der Waals surface area contributed by atoms with Crippen LogP contribution in [0.1, 0.15) is 15.9 Å². The van der Waals surface area contributed by atoms with Crippen LogP contribution in [0.3, 0.4) is 0 Å². The van der Waals surface area contributed by atoms with Gasteiger partial charge in [0.15, 0.2) is 0 Å². The SMILES string of the molecule is CN(C(=O)c1ccc(Cn2cnc3ccccc32)cc1)c1ccccc1. The van der Waals surface area contributed by atoms with Crippen LogP contribution >= 0.6 is 0 Å². The summed E-state index contributed by atoms with van der Waals surface area (Å²) in [6.45, 7) is 0.726. The smallest absolute Gasteiger partial charge is 0.258 e. The number of anilines is 1. The minimum absolute atomic E-state index is 0.0177. The molecule has 0 radical (unpaired) electrons. The first kappa shape index (κ1) is 16.1. The van der Waals surface area contributed by atoms with Crippen LogP contribution in [0.15, 0.2) is 85.2 Å². The Morgan fingerprint density at radius 1 is 0.923 bits per heavy atom. The summed E-state index contributed by atoms with van der Waals surface area (Å²) in [6, 6.07) is 25.5. The van der Waals surface area contributed by atoms with Gasteiger partial charge in [0.05, 0.1) is 17.4 Å². The zero-order chi connectivity index (χ0) is 17.9. The highest BCUT2D eigenvalue weighted by atomic mass is 16.2.